The number of ether oxygens (including phenoxy) is 2. The molecule has 2 aliphatic heterocycles. The van der Waals surface area contributed by atoms with E-state index in [4.69, 9.17) is 9.47 Å². The molecule has 1 aromatic rings. The number of urea groups is 1. The van der Waals surface area contributed by atoms with Gasteiger partial charge in [-0.1, -0.05) is 37.3 Å². The number of rotatable bonds is 7. The summed E-state index contributed by atoms with van der Waals surface area (Å²) in [6.07, 6.45) is 16.4. The van der Waals surface area contributed by atoms with E-state index in [1.54, 1.807) is 4.90 Å². The molecule has 3 aliphatic rings. The quantitative estimate of drug-likeness (QED) is 0.523. The van der Waals surface area contributed by atoms with Gasteiger partial charge >= 0.3 is 12.0 Å². The van der Waals surface area contributed by atoms with Crippen LogP contribution in [0.3, 0.4) is 0 Å². The van der Waals surface area contributed by atoms with Crippen molar-refractivity contribution in [2.45, 2.75) is 33.3 Å². The number of anilines is 1. The van der Waals surface area contributed by atoms with E-state index >= 15 is 0 Å². The van der Waals surface area contributed by atoms with Gasteiger partial charge in [-0.15, -0.1) is 0 Å². The first-order valence-electron chi connectivity index (χ1n) is 13.1. The van der Waals surface area contributed by atoms with Crippen LogP contribution < -0.4 is 15.0 Å². The fraction of sp³-hybridized carbons (Fsp3) is 0.367. The average Bonchev–Trinajstić information content (AvgIpc) is 3.33. The fourth-order valence-corrected chi connectivity index (χ4v) is 4.62. The molecule has 0 saturated heterocycles. The minimum absolute atomic E-state index is 0.153. The third-order valence-electron chi connectivity index (χ3n) is 6.65. The van der Waals surface area contributed by atoms with Gasteiger partial charge in [-0.2, -0.15) is 0 Å². The predicted octanol–water partition coefficient (Wildman–Crippen LogP) is 4.87. The van der Waals surface area contributed by atoms with E-state index in [0.717, 1.165) is 41.2 Å². The number of benzene rings is 1. The summed E-state index contributed by atoms with van der Waals surface area (Å²) in [4.78, 5) is 33.6. The van der Waals surface area contributed by atoms with Crippen molar-refractivity contribution in [1.82, 2.24) is 10.2 Å². The standard InChI is InChI=1S/C30H36N4O4/c1-5-33(19-21(2)29(35)37-4)26-14-12-24(17-31-18-26)23-13-15-27-28(16-23)38-22(3)20-34(27)30(36)32-25-10-8-6-7-9-11-25/h6,8-17,21-22H,5,7,18-20H2,1-4H3,(H,32,36). The van der Waals surface area contributed by atoms with E-state index in [0.29, 0.717) is 25.4 Å². The SMILES string of the molecule is CCN(CC(C)C(=O)OC)C1=CC=C(c2ccc3c(c2)OC(C)CN3C(=O)NC2=CC=CCC=C2)C=NC1. The van der Waals surface area contributed by atoms with Crippen molar-refractivity contribution in [3.8, 4) is 5.75 Å². The summed E-state index contributed by atoms with van der Waals surface area (Å²) in [5.74, 6) is 0.206. The lowest BCUT2D eigenvalue weighted by atomic mass is 10.0. The molecule has 1 aliphatic carbocycles. The highest BCUT2D eigenvalue weighted by Gasteiger charge is 2.28. The lowest BCUT2D eigenvalue weighted by Crippen LogP contribution is -2.46. The zero-order chi connectivity index (χ0) is 27.1. The highest BCUT2D eigenvalue weighted by molar-refractivity contribution is 6.11. The van der Waals surface area contributed by atoms with Gasteiger partial charge in [-0.05, 0) is 61.8 Å². The minimum Gasteiger partial charge on any atom is -0.487 e. The largest absolute Gasteiger partial charge is 0.487 e. The molecule has 2 atom stereocenters. The number of aliphatic imine (C=N–C) groups is 1. The Morgan fingerprint density at radius 1 is 1.26 bits per heavy atom. The lowest BCUT2D eigenvalue weighted by molar-refractivity contribution is -0.145. The second kappa shape index (κ2) is 12.4. The number of carbonyl (C=O) groups is 2. The molecule has 200 valence electrons. The number of nitrogens with one attached hydrogen (secondary N) is 1. The third kappa shape index (κ3) is 6.43. The van der Waals surface area contributed by atoms with Crippen molar-refractivity contribution in [1.29, 1.82) is 0 Å². The van der Waals surface area contributed by atoms with E-state index in [-0.39, 0.29) is 24.0 Å². The van der Waals surface area contributed by atoms with Crippen LogP contribution in [0.1, 0.15) is 32.8 Å². The Morgan fingerprint density at radius 2 is 2.11 bits per heavy atom. The van der Waals surface area contributed by atoms with Crippen LogP contribution in [-0.4, -0.2) is 62.5 Å². The molecule has 0 radical (unpaired) electrons. The monoisotopic (exact) mass is 516 g/mol. The van der Waals surface area contributed by atoms with Crippen LogP contribution >= 0.6 is 0 Å². The summed E-state index contributed by atoms with van der Waals surface area (Å²) in [6.45, 7) is 8.20. The fourth-order valence-electron chi connectivity index (χ4n) is 4.62. The number of allylic oxidation sites excluding steroid dienone is 8. The summed E-state index contributed by atoms with van der Waals surface area (Å²) in [7, 11) is 1.42. The van der Waals surface area contributed by atoms with E-state index in [1.807, 2.05) is 74.7 Å². The molecule has 1 N–H and O–H groups in total. The first-order chi connectivity index (χ1) is 18.4. The number of methoxy groups -OCH3 is 1. The molecule has 4 rings (SSSR count). The summed E-state index contributed by atoms with van der Waals surface area (Å²) in [5, 5.41) is 3.00. The number of carbonyl (C=O) groups excluding carboxylic acids is 2. The van der Waals surface area contributed by atoms with Crippen molar-refractivity contribution >= 4 is 29.5 Å². The Labute approximate surface area is 224 Å². The van der Waals surface area contributed by atoms with Crippen LogP contribution in [0.15, 0.2) is 77.1 Å². The summed E-state index contributed by atoms with van der Waals surface area (Å²) in [6, 6.07) is 5.68. The second-order valence-corrected chi connectivity index (χ2v) is 9.55. The Kier molecular flexibility index (Phi) is 8.84. The summed E-state index contributed by atoms with van der Waals surface area (Å²) < 4.78 is 11.0. The topological polar surface area (TPSA) is 83.5 Å². The van der Waals surface area contributed by atoms with Crippen molar-refractivity contribution in [3.05, 3.63) is 77.7 Å². The molecular formula is C30H36N4O4. The molecule has 0 aromatic heterocycles. The highest BCUT2D eigenvalue weighted by Crippen LogP contribution is 2.36. The van der Waals surface area contributed by atoms with Crippen LogP contribution in [0, 0.1) is 5.92 Å². The molecule has 2 unspecified atom stereocenters. The van der Waals surface area contributed by atoms with Gasteiger partial charge < -0.3 is 19.7 Å². The molecule has 1 aromatic carbocycles. The van der Waals surface area contributed by atoms with Crippen molar-refractivity contribution < 1.29 is 19.1 Å². The van der Waals surface area contributed by atoms with Gasteiger partial charge in [0.05, 0.1) is 31.8 Å². The Morgan fingerprint density at radius 3 is 2.89 bits per heavy atom. The summed E-state index contributed by atoms with van der Waals surface area (Å²) >= 11 is 0. The number of hydrogen-bond acceptors (Lipinski definition) is 6. The summed E-state index contributed by atoms with van der Waals surface area (Å²) in [5.41, 5.74) is 4.42. The predicted molar refractivity (Wildman–Crippen MR) is 151 cm³/mol. The third-order valence-corrected chi connectivity index (χ3v) is 6.65. The zero-order valence-corrected chi connectivity index (χ0v) is 22.5. The molecule has 0 spiro atoms. The van der Waals surface area contributed by atoms with Crippen LogP contribution in [0.25, 0.3) is 5.57 Å². The second-order valence-electron chi connectivity index (χ2n) is 9.55. The molecule has 8 heteroatoms. The molecule has 0 fully saturated rings. The van der Waals surface area contributed by atoms with Crippen LogP contribution in [0.4, 0.5) is 10.5 Å². The van der Waals surface area contributed by atoms with E-state index < -0.39 is 0 Å². The molecule has 2 amide bonds. The van der Waals surface area contributed by atoms with Gasteiger partial charge in [-0.25, -0.2) is 4.79 Å². The molecule has 2 heterocycles. The maximum absolute atomic E-state index is 13.2. The smallest absolute Gasteiger partial charge is 0.326 e. The molecule has 38 heavy (non-hydrogen) atoms. The van der Waals surface area contributed by atoms with Crippen LogP contribution in [0.2, 0.25) is 0 Å². The van der Waals surface area contributed by atoms with Crippen LogP contribution in [-0.2, 0) is 9.53 Å². The Bertz CT molecular complexity index is 1240. The molecule has 0 bridgehead atoms. The normalized spacial score (nSPS) is 19.1. The number of fused-ring (bicyclic) bond motifs is 1. The number of hydrogen-bond donors (Lipinski definition) is 1. The van der Waals surface area contributed by atoms with E-state index in [1.165, 1.54) is 7.11 Å². The number of esters is 1. The van der Waals surface area contributed by atoms with Gasteiger partial charge in [0.15, 0.2) is 0 Å². The van der Waals surface area contributed by atoms with Gasteiger partial charge in [0.1, 0.15) is 11.9 Å². The van der Waals surface area contributed by atoms with Crippen molar-refractivity contribution in [2.75, 3.05) is 38.2 Å². The minimum atomic E-state index is -0.234. The van der Waals surface area contributed by atoms with Crippen LogP contribution in [0.5, 0.6) is 5.75 Å². The molecular weight excluding hydrogens is 480 g/mol. The zero-order valence-electron chi connectivity index (χ0n) is 22.5. The number of amides is 2. The number of nitrogens with zero attached hydrogens (tertiary/aromatic N) is 3. The van der Waals surface area contributed by atoms with Gasteiger partial charge in [-0.3, -0.25) is 14.7 Å². The van der Waals surface area contributed by atoms with E-state index in [9.17, 15) is 9.59 Å². The number of likely N-dealkylation sites (N-methyl/N-ethyl adjacent to an activating group) is 1. The highest BCUT2D eigenvalue weighted by atomic mass is 16.5. The Balaban J connectivity index is 1.54. The van der Waals surface area contributed by atoms with Gasteiger partial charge in [0.2, 0.25) is 0 Å². The average molecular weight is 517 g/mol. The first kappa shape index (κ1) is 27.0. The first-order valence-corrected chi connectivity index (χ1v) is 13.1. The maximum Gasteiger partial charge on any atom is 0.326 e. The van der Waals surface area contributed by atoms with Gasteiger partial charge in [0, 0.05) is 30.7 Å². The molecule has 0 saturated carbocycles. The van der Waals surface area contributed by atoms with Gasteiger partial charge in [0.25, 0.3) is 0 Å². The van der Waals surface area contributed by atoms with E-state index in [2.05, 4.69) is 28.2 Å². The lowest BCUT2D eigenvalue weighted by Gasteiger charge is -2.33. The van der Waals surface area contributed by atoms with Crippen molar-refractivity contribution in [3.63, 3.8) is 0 Å². The maximum atomic E-state index is 13.2. The van der Waals surface area contributed by atoms with Crippen molar-refractivity contribution in [2.24, 2.45) is 10.9 Å². The molecule has 8 nitrogen and oxygen atoms in total. The Hall–Kier alpha value is -4.07.